The molecule has 1 aromatic heterocycles. The first-order valence-electron chi connectivity index (χ1n) is 10.6. The van der Waals surface area contributed by atoms with Crippen molar-refractivity contribution in [3.05, 3.63) is 65.4 Å². The first kappa shape index (κ1) is 21.6. The number of carbonyl (C=O) groups is 3. The van der Waals surface area contributed by atoms with Gasteiger partial charge >= 0.3 is 12.1 Å². The van der Waals surface area contributed by atoms with Crippen LogP contribution in [-0.2, 0) is 14.3 Å². The van der Waals surface area contributed by atoms with Gasteiger partial charge in [-0.15, -0.1) is 0 Å². The second-order valence-electron chi connectivity index (χ2n) is 7.91. The van der Waals surface area contributed by atoms with Crippen molar-refractivity contribution in [1.82, 2.24) is 15.6 Å². The number of ether oxygens (including phenoxy) is 2. The second kappa shape index (κ2) is 8.94. The average molecular weight is 464 g/mol. The summed E-state index contributed by atoms with van der Waals surface area (Å²) < 4.78 is 15.1. The summed E-state index contributed by atoms with van der Waals surface area (Å²) >= 11 is 0. The van der Waals surface area contributed by atoms with E-state index in [0.29, 0.717) is 6.42 Å². The van der Waals surface area contributed by atoms with Gasteiger partial charge in [-0.1, -0.05) is 48.5 Å². The molecule has 1 fully saturated rings. The van der Waals surface area contributed by atoms with Gasteiger partial charge in [0.2, 0.25) is 11.5 Å². The molecule has 1 saturated heterocycles. The predicted molar refractivity (Wildman–Crippen MR) is 116 cm³/mol. The van der Waals surface area contributed by atoms with Crippen LogP contribution in [0.5, 0.6) is 0 Å². The third kappa shape index (κ3) is 3.97. The van der Waals surface area contributed by atoms with Crippen LogP contribution in [0.1, 0.15) is 34.0 Å². The van der Waals surface area contributed by atoms with E-state index in [1.54, 1.807) is 0 Å². The van der Waals surface area contributed by atoms with Crippen LogP contribution in [-0.4, -0.2) is 58.7 Å². The van der Waals surface area contributed by atoms with Gasteiger partial charge in [0.25, 0.3) is 5.91 Å². The Bertz CT molecular complexity index is 1210. The lowest BCUT2D eigenvalue weighted by Crippen LogP contribution is -2.44. The second-order valence-corrected chi connectivity index (χ2v) is 7.91. The molecule has 1 aliphatic carbocycles. The van der Waals surface area contributed by atoms with Gasteiger partial charge in [-0.2, -0.15) is 0 Å². The lowest BCUT2D eigenvalue weighted by Gasteiger charge is -2.15. The maximum atomic E-state index is 12.6. The molecule has 3 aromatic rings. The van der Waals surface area contributed by atoms with Crippen molar-refractivity contribution in [3.8, 4) is 11.1 Å². The highest BCUT2D eigenvalue weighted by molar-refractivity contribution is 6.00. The number of aromatic nitrogens is 2. The van der Waals surface area contributed by atoms with Crippen LogP contribution in [0.15, 0.2) is 53.2 Å². The van der Waals surface area contributed by atoms with Gasteiger partial charge in [0.15, 0.2) is 6.10 Å². The summed E-state index contributed by atoms with van der Waals surface area (Å²) in [7, 11) is 0. The van der Waals surface area contributed by atoms with Gasteiger partial charge in [-0.3, -0.25) is 10.1 Å². The monoisotopic (exact) mass is 464 g/mol. The highest BCUT2D eigenvalue weighted by Gasteiger charge is 2.36. The zero-order chi connectivity index (χ0) is 23.7. The number of anilines is 1. The molecular formula is C23H20N4O7. The minimum atomic E-state index is -1.18. The molecule has 0 saturated carbocycles. The molecule has 2 amide bonds. The van der Waals surface area contributed by atoms with E-state index in [1.165, 1.54) is 0 Å². The minimum absolute atomic E-state index is 0.0758. The summed E-state index contributed by atoms with van der Waals surface area (Å²) in [5.74, 6) is -2.30. The maximum absolute atomic E-state index is 12.6. The largest absolute Gasteiger partial charge is 0.479 e. The Hall–Kier alpha value is -4.25. The highest BCUT2D eigenvalue weighted by Crippen LogP contribution is 2.44. The molecule has 174 valence electrons. The van der Waals surface area contributed by atoms with Crippen LogP contribution in [0.3, 0.4) is 0 Å². The molecule has 0 bridgehead atoms. The van der Waals surface area contributed by atoms with Crippen molar-refractivity contribution in [1.29, 1.82) is 0 Å². The number of amides is 2. The summed E-state index contributed by atoms with van der Waals surface area (Å²) in [6.07, 6.45) is -1.68. The van der Waals surface area contributed by atoms with Crippen LogP contribution < -0.4 is 10.6 Å². The molecule has 34 heavy (non-hydrogen) atoms. The Kier molecular flexibility index (Phi) is 5.68. The smallest absolute Gasteiger partial charge is 0.412 e. The normalized spacial score (nSPS) is 18.7. The quantitative estimate of drug-likeness (QED) is 0.499. The molecule has 3 N–H and O–H groups in total. The van der Waals surface area contributed by atoms with Gasteiger partial charge < -0.3 is 19.9 Å². The summed E-state index contributed by atoms with van der Waals surface area (Å²) in [5, 5.41) is 21.1. The Morgan fingerprint density at radius 2 is 1.71 bits per heavy atom. The van der Waals surface area contributed by atoms with E-state index < -0.39 is 30.1 Å². The number of hydrogen-bond acceptors (Lipinski definition) is 8. The molecule has 2 aromatic carbocycles. The van der Waals surface area contributed by atoms with Crippen LogP contribution in [0.4, 0.5) is 10.6 Å². The number of hydrogen-bond donors (Lipinski definition) is 3. The Balaban J connectivity index is 1.23. The minimum Gasteiger partial charge on any atom is -0.479 e. The third-order valence-electron chi connectivity index (χ3n) is 5.92. The van der Waals surface area contributed by atoms with Crippen molar-refractivity contribution in [2.45, 2.75) is 24.5 Å². The maximum Gasteiger partial charge on any atom is 0.412 e. The van der Waals surface area contributed by atoms with Crippen LogP contribution in [0.25, 0.3) is 11.1 Å². The molecular weight excluding hydrogens is 444 g/mol. The summed E-state index contributed by atoms with van der Waals surface area (Å²) in [6.45, 7) is 0.274. The number of carboxylic acids is 1. The van der Waals surface area contributed by atoms with Crippen molar-refractivity contribution in [3.63, 3.8) is 0 Å². The summed E-state index contributed by atoms with van der Waals surface area (Å²) in [4.78, 5) is 36.3. The molecule has 5 rings (SSSR count). The van der Waals surface area contributed by atoms with Crippen molar-refractivity contribution >= 4 is 23.8 Å². The Morgan fingerprint density at radius 1 is 1.03 bits per heavy atom. The van der Waals surface area contributed by atoms with E-state index in [1.807, 2.05) is 48.5 Å². The number of rotatable bonds is 6. The lowest BCUT2D eigenvalue weighted by molar-refractivity contribution is -0.148. The fraction of sp³-hybridized carbons (Fsp3) is 0.261. The molecule has 0 spiro atoms. The zero-order valence-corrected chi connectivity index (χ0v) is 17.8. The highest BCUT2D eigenvalue weighted by atomic mass is 16.6. The number of fused-ring (bicyclic) bond motifs is 3. The van der Waals surface area contributed by atoms with E-state index in [-0.39, 0.29) is 30.6 Å². The molecule has 11 heteroatoms. The number of carboxylic acid groups (broad SMARTS) is 1. The lowest BCUT2D eigenvalue weighted by atomic mass is 9.98. The SMILES string of the molecule is O=C(Nc1nonc1C(=O)N[C@H]1CCO[C@H]1C(=O)O)OCC1c2ccccc2-c2ccccc21. The average Bonchev–Trinajstić information content (AvgIpc) is 3.55. The number of benzene rings is 2. The molecule has 2 heterocycles. The molecule has 11 nitrogen and oxygen atoms in total. The fourth-order valence-corrected chi connectivity index (χ4v) is 4.37. The van der Waals surface area contributed by atoms with E-state index in [2.05, 4.69) is 25.6 Å². The van der Waals surface area contributed by atoms with Crippen LogP contribution in [0, 0.1) is 0 Å². The van der Waals surface area contributed by atoms with Gasteiger partial charge in [-0.25, -0.2) is 14.2 Å². The molecule has 2 aliphatic rings. The standard InChI is InChI=1S/C23H20N4O7/c28-21(24-17-9-10-32-19(17)22(29)30)18-20(27-34-26-18)25-23(31)33-11-16-14-7-3-1-5-12(14)13-6-2-4-8-15(13)16/h1-8,16-17,19H,9-11H2,(H,24,28)(H,29,30)(H,25,27,31)/t17-,19+/m0/s1. The number of aliphatic carboxylic acids is 1. The van der Waals surface area contributed by atoms with Crippen molar-refractivity contribution < 1.29 is 33.6 Å². The van der Waals surface area contributed by atoms with E-state index in [0.717, 1.165) is 22.3 Å². The van der Waals surface area contributed by atoms with Gasteiger partial charge in [-0.05, 0) is 39.0 Å². The topological polar surface area (TPSA) is 153 Å². The van der Waals surface area contributed by atoms with Gasteiger partial charge in [0, 0.05) is 12.5 Å². The van der Waals surface area contributed by atoms with Crippen LogP contribution in [0.2, 0.25) is 0 Å². The number of nitrogens with zero attached hydrogens (tertiary/aromatic N) is 2. The Labute approximate surface area is 193 Å². The molecule has 0 radical (unpaired) electrons. The van der Waals surface area contributed by atoms with E-state index >= 15 is 0 Å². The molecule has 0 unspecified atom stereocenters. The van der Waals surface area contributed by atoms with Crippen molar-refractivity contribution in [2.24, 2.45) is 0 Å². The number of carbonyl (C=O) groups excluding carboxylic acids is 2. The van der Waals surface area contributed by atoms with Gasteiger partial charge in [0.1, 0.15) is 6.61 Å². The zero-order valence-electron chi connectivity index (χ0n) is 17.8. The first-order valence-corrected chi connectivity index (χ1v) is 10.6. The fourth-order valence-electron chi connectivity index (χ4n) is 4.37. The Morgan fingerprint density at radius 3 is 2.38 bits per heavy atom. The predicted octanol–water partition coefficient (Wildman–Crippen LogP) is 2.40. The molecule has 2 atom stereocenters. The first-order chi connectivity index (χ1) is 16.5. The van der Waals surface area contributed by atoms with Crippen molar-refractivity contribution in [2.75, 3.05) is 18.5 Å². The summed E-state index contributed by atoms with van der Waals surface area (Å²) in [5.41, 5.74) is 4.02. The van der Waals surface area contributed by atoms with Gasteiger partial charge in [0.05, 0.1) is 6.04 Å². The number of nitrogens with one attached hydrogen (secondary N) is 2. The third-order valence-corrected chi connectivity index (χ3v) is 5.92. The van der Waals surface area contributed by atoms with Crippen LogP contribution >= 0.6 is 0 Å². The van der Waals surface area contributed by atoms with E-state index in [9.17, 15) is 19.5 Å². The van der Waals surface area contributed by atoms with E-state index in [4.69, 9.17) is 9.47 Å². The molecule has 1 aliphatic heterocycles. The summed E-state index contributed by atoms with van der Waals surface area (Å²) in [6, 6.07) is 15.1.